The predicted octanol–water partition coefficient (Wildman–Crippen LogP) is 2.32. The predicted molar refractivity (Wildman–Crippen MR) is 67.9 cm³/mol. The smallest absolute Gasteiger partial charge is 0.139 e. The summed E-state index contributed by atoms with van der Waals surface area (Å²) in [7, 11) is -1.24. The number of benzene rings is 1. The molecule has 0 spiro atoms. The van der Waals surface area contributed by atoms with Crippen LogP contribution in [0.1, 0.15) is 19.8 Å². The maximum absolute atomic E-state index is 13.5. The van der Waals surface area contributed by atoms with Gasteiger partial charge in [0, 0.05) is 11.8 Å². The van der Waals surface area contributed by atoms with Gasteiger partial charge in [0.25, 0.3) is 0 Å². The van der Waals surface area contributed by atoms with E-state index in [1.807, 2.05) is 6.92 Å². The average Bonchev–Trinajstić information content (AvgIpc) is 3.12. The molecular weight excluding hydrogens is 237 g/mol. The second kappa shape index (κ2) is 5.74. The van der Waals surface area contributed by atoms with E-state index in [2.05, 4.69) is 5.32 Å². The van der Waals surface area contributed by atoms with E-state index in [1.54, 1.807) is 18.2 Å². The molecule has 1 aliphatic rings. The van der Waals surface area contributed by atoms with Gasteiger partial charge in [0.05, 0.1) is 15.7 Å². The second-order valence-electron chi connectivity index (χ2n) is 4.44. The largest absolute Gasteiger partial charge is 0.313 e. The highest BCUT2D eigenvalue weighted by atomic mass is 32.2. The third kappa shape index (κ3) is 3.36. The van der Waals surface area contributed by atoms with E-state index in [9.17, 15) is 8.60 Å². The summed E-state index contributed by atoms with van der Waals surface area (Å²) in [6, 6.07) is 6.60. The molecule has 94 valence electrons. The fourth-order valence-electron chi connectivity index (χ4n) is 2.00. The first-order valence-electron chi connectivity index (χ1n) is 6.08. The lowest BCUT2D eigenvalue weighted by Crippen LogP contribution is -2.35. The molecule has 1 saturated carbocycles. The molecule has 4 heteroatoms. The van der Waals surface area contributed by atoms with Crippen molar-refractivity contribution in [2.45, 2.75) is 30.7 Å². The van der Waals surface area contributed by atoms with Crippen LogP contribution in [0.4, 0.5) is 4.39 Å². The van der Waals surface area contributed by atoms with Crippen molar-refractivity contribution in [2.75, 3.05) is 12.3 Å². The summed E-state index contributed by atoms with van der Waals surface area (Å²) in [5.74, 6) is 0.780. The minimum absolute atomic E-state index is 0.264. The van der Waals surface area contributed by atoms with Gasteiger partial charge in [0.1, 0.15) is 5.82 Å². The molecule has 0 aromatic heterocycles. The molecule has 17 heavy (non-hydrogen) atoms. The van der Waals surface area contributed by atoms with Gasteiger partial charge in [-0.2, -0.15) is 0 Å². The summed E-state index contributed by atoms with van der Waals surface area (Å²) >= 11 is 0. The van der Waals surface area contributed by atoms with Gasteiger partial charge in [0.2, 0.25) is 0 Å². The Kier molecular flexibility index (Phi) is 4.29. The Labute approximate surface area is 104 Å². The van der Waals surface area contributed by atoms with Gasteiger partial charge in [-0.25, -0.2) is 4.39 Å². The van der Waals surface area contributed by atoms with Crippen molar-refractivity contribution in [3.05, 3.63) is 30.1 Å². The first kappa shape index (κ1) is 12.7. The third-order valence-corrected chi connectivity index (χ3v) is 4.55. The lowest BCUT2D eigenvalue weighted by molar-refractivity contribution is 0.513. The summed E-state index contributed by atoms with van der Waals surface area (Å²) < 4.78 is 25.6. The Morgan fingerprint density at radius 1 is 1.47 bits per heavy atom. The molecule has 2 rings (SSSR count). The zero-order valence-corrected chi connectivity index (χ0v) is 10.8. The van der Waals surface area contributed by atoms with Crippen LogP contribution in [-0.4, -0.2) is 22.5 Å². The standard InChI is InChI=1S/C13H18FNOS/c1-2-15-12(10-7-8-10)9-17(16)13-6-4-3-5-11(13)14/h3-6,10,12,15H,2,7-9H2,1H3. The highest BCUT2D eigenvalue weighted by Crippen LogP contribution is 2.33. The molecule has 2 atom stereocenters. The van der Waals surface area contributed by atoms with Crippen molar-refractivity contribution in [1.29, 1.82) is 0 Å². The normalized spacial score (nSPS) is 18.9. The van der Waals surface area contributed by atoms with Crippen LogP contribution >= 0.6 is 0 Å². The zero-order valence-electron chi connectivity index (χ0n) is 9.99. The van der Waals surface area contributed by atoms with E-state index >= 15 is 0 Å². The Morgan fingerprint density at radius 2 is 2.18 bits per heavy atom. The highest BCUT2D eigenvalue weighted by molar-refractivity contribution is 7.85. The fourth-order valence-corrected chi connectivity index (χ4v) is 3.42. The summed E-state index contributed by atoms with van der Waals surface area (Å²) in [4.78, 5) is 0.330. The summed E-state index contributed by atoms with van der Waals surface area (Å²) in [6.45, 7) is 2.91. The first-order chi connectivity index (χ1) is 8.22. The molecule has 0 saturated heterocycles. The highest BCUT2D eigenvalue weighted by Gasteiger charge is 2.32. The number of hydrogen-bond donors (Lipinski definition) is 1. The van der Waals surface area contributed by atoms with Crippen LogP contribution in [0.5, 0.6) is 0 Å². The molecule has 1 N–H and O–H groups in total. The molecular formula is C13H18FNOS. The van der Waals surface area contributed by atoms with Crippen LogP contribution < -0.4 is 5.32 Å². The minimum Gasteiger partial charge on any atom is -0.313 e. The number of rotatable bonds is 6. The Morgan fingerprint density at radius 3 is 2.76 bits per heavy atom. The minimum atomic E-state index is -1.24. The lowest BCUT2D eigenvalue weighted by atomic mass is 10.2. The Hall–Kier alpha value is -0.740. The van der Waals surface area contributed by atoms with Crippen LogP contribution in [0, 0.1) is 11.7 Å². The van der Waals surface area contributed by atoms with Gasteiger partial charge in [-0.1, -0.05) is 19.1 Å². The van der Waals surface area contributed by atoms with Gasteiger partial charge >= 0.3 is 0 Å². The number of halogens is 1. The summed E-state index contributed by atoms with van der Waals surface area (Å²) in [5.41, 5.74) is 0. The van der Waals surface area contributed by atoms with Crippen molar-refractivity contribution in [1.82, 2.24) is 5.32 Å². The zero-order chi connectivity index (χ0) is 12.3. The molecule has 2 nitrogen and oxygen atoms in total. The van der Waals surface area contributed by atoms with Crippen LogP contribution in [0.3, 0.4) is 0 Å². The van der Waals surface area contributed by atoms with Gasteiger partial charge in [-0.3, -0.25) is 4.21 Å². The first-order valence-corrected chi connectivity index (χ1v) is 7.40. The topological polar surface area (TPSA) is 29.1 Å². The maximum Gasteiger partial charge on any atom is 0.139 e. The van der Waals surface area contributed by atoms with Gasteiger partial charge in [-0.05, 0) is 37.4 Å². The molecule has 1 aliphatic carbocycles. The van der Waals surface area contributed by atoms with Crippen molar-refractivity contribution >= 4 is 10.8 Å². The lowest BCUT2D eigenvalue weighted by Gasteiger charge is -2.16. The molecule has 0 bridgehead atoms. The number of hydrogen-bond acceptors (Lipinski definition) is 2. The Balaban J connectivity index is 2.02. The molecule has 1 aromatic carbocycles. The quantitative estimate of drug-likeness (QED) is 0.845. The van der Waals surface area contributed by atoms with Crippen LogP contribution in [0.2, 0.25) is 0 Å². The van der Waals surface area contributed by atoms with E-state index in [-0.39, 0.29) is 11.9 Å². The van der Waals surface area contributed by atoms with E-state index in [1.165, 1.54) is 18.9 Å². The monoisotopic (exact) mass is 255 g/mol. The van der Waals surface area contributed by atoms with E-state index in [4.69, 9.17) is 0 Å². The third-order valence-electron chi connectivity index (χ3n) is 3.07. The Bertz CT molecular complexity index is 406. The van der Waals surface area contributed by atoms with E-state index in [0.29, 0.717) is 16.6 Å². The summed E-state index contributed by atoms with van der Waals surface area (Å²) in [6.07, 6.45) is 2.40. The number of nitrogens with one attached hydrogen (secondary N) is 1. The second-order valence-corrected chi connectivity index (χ2v) is 5.91. The van der Waals surface area contributed by atoms with Crippen molar-refractivity contribution < 1.29 is 8.60 Å². The molecule has 0 heterocycles. The van der Waals surface area contributed by atoms with E-state index in [0.717, 1.165) is 6.54 Å². The molecule has 1 fully saturated rings. The molecule has 0 amide bonds. The van der Waals surface area contributed by atoms with Crippen molar-refractivity contribution in [2.24, 2.45) is 5.92 Å². The van der Waals surface area contributed by atoms with Crippen molar-refractivity contribution in [3.63, 3.8) is 0 Å². The van der Waals surface area contributed by atoms with Crippen LogP contribution in [-0.2, 0) is 10.8 Å². The van der Waals surface area contributed by atoms with Crippen molar-refractivity contribution in [3.8, 4) is 0 Å². The average molecular weight is 255 g/mol. The van der Waals surface area contributed by atoms with Crippen LogP contribution in [0.15, 0.2) is 29.2 Å². The van der Waals surface area contributed by atoms with Gasteiger partial charge in [0.15, 0.2) is 0 Å². The molecule has 0 radical (unpaired) electrons. The molecule has 0 aliphatic heterocycles. The fraction of sp³-hybridized carbons (Fsp3) is 0.538. The molecule has 2 unspecified atom stereocenters. The SMILES string of the molecule is CCNC(CS(=O)c1ccccc1F)C1CC1. The van der Waals surface area contributed by atoms with Gasteiger partial charge < -0.3 is 5.32 Å². The van der Waals surface area contributed by atoms with Gasteiger partial charge in [-0.15, -0.1) is 0 Å². The van der Waals surface area contributed by atoms with E-state index < -0.39 is 10.8 Å². The summed E-state index contributed by atoms with van der Waals surface area (Å²) in [5, 5.41) is 3.35. The maximum atomic E-state index is 13.5. The van der Waals surface area contributed by atoms with Crippen LogP contribution in [0.25, 0.3) is 0 Å². The molecule has 1 aromatic rings.